The molecule has 1 aliphatic rings. The molecule has 0 fully saturated rings. The van der Waals surface area contributed by atoms with E-state index in [-0.39, 0.29) is 11.6 Å². The van der Waals surface area contributed by atoms with E-state index in [0.29, 0.717) is 36.2 Å². The number of aromatic nitrogens is 4. The first-order chi connectivity index (χ1) is 14.2. The number of nitrogens with one attached hydrogen (secondary N) is 1. The summed E-state index contributed by atoms with van der Waals surface area (Å²) in [7, 11) is 0. The molecule has 0 aliphatic carbocycles. The van der Waals surface area contributed by atoms with Crippen molar-refractivity contribution in [3.05, 3.63) is 66.1 Å². The number of carbonyl (C=O) groups excluding carboxylic acids is 1. The van der Waals surface area contributed by atoms with Crippen LogP contribution in [0.15, 0.2) is 54.7 Å². The maximum Gasteiger partial charge on any atom is 0.279 e. The number of fused-ring (bicyclic) bond motifs is 2. The highest BCUT2D eigenvalue weighted by atomic mass is 16.6. The molecule has 0 spiro atoms. The summed E-state index contributed by atoms with van der Waals surface area (Å²) in [6.45, 7) is 2.82. The van der Waals surface area contributed by atoms with E-state index in [1.165, 1.54) is 0 Å². The van der Waals surface area contributed by atoms with Gasteiger partial charge in [0.25, 0.3) is 5.91 Å². The van der Waals surface area contributed by atoms with Gasteiger partial charge in [-0.2, -0.15) is 0 Å². The molecule has 8 heteroatoms. The van der Waals surface area contributed by atoms with Crippen molar-refractivity contribution in [1.29, 1.82) is 0 Å². The highest BCUT2D eigenvalue weighted by molar-refractivity contribution is 6.07. The number of anilines is 1. The number of hydrogen-bond acceptors (Lipinski definition) is 6. The summed E-state index contributed by atoms with van der Waals surface area (Å²) in [4.78, 5) is 17.1. The fourth-order valence-electron chi connectivity index (χ4n) is 3.33. The Bertz CT molecular complexity index is 1230. The van der Waals surface area contributed by atoms with Gasteiger partial charge in [0.15, 0.2) is 17.2 Å². The summed E-state index contributed by atoms with van der Waals surface area (Å²) in [6.07, 6.45) is 1.66. The van der Waals surface area contributed by atoms with Crippen LogP contribution in [0.2, 0.25) is 0 Å². The van der Waals surface area contributed by atoms with Crippen molar-refractivity contribution in [2.45, 2.75) is 6.92 Å². The maximum absolute atomic E-state index is 12.8. The molecule has 2 aromatic heterocycles. The quantitative estimate of drug-likeness (QED) is 0.581. The molecule has 0 radical (unpaired) electrons. The van der Waals surface area contributed by atoms with Crippen LogP contribution in [0.25, 0.3) is 16.5 Å². The molecule has 4 aromatic rings. The van der Waals surface area contributed by atoms with Crippen molar-refractivity contribution < 1.29 is 14.3 Å². The van der Waals surface area contributed by atoms with Gasteiger partial charge >= 0.3 is 0 Å². The number of nitrogens with zero attached hydrogens (tertiary/aromatic N) is 4. The number of ether oxygens (including phenoxy) is 2. The van der Waals surface area contributed by atoms with Crippen LogP contribution in [-0.2, 0) is 0 Å². The Labute approximate surface area is 166 Å². The lowest BCUT2D eigenvalue weighted by atomic mass is 10.1. The summed E-state index contributed by atoms with van der Waals surface area (Å²) in [5, 5.41) is 12.9. The second kappa shape index (κ2) is 6.90. The first-order valence-corrected chi connectivity index (χ1v) is 9.18. The molecule has 0 unspecified atom stereocenters. The van der Waals surface area contributed by atoms with Crippen molar-refractivity contribution in [2.24, 2.45) is 0 Å². The number of hydrogen-bond donors (Lipinski definition) is 1. The van der Waals surface area contributed by atoms with Crippen LogP contribution in [0, 0.1) is 6.92 Å². The normalized spacial score (nSPS) is 12.7. The monoisotopic (exact) mass is 387 g/mol. The first kappa shape index (κ1) is 17.2. The van der Waals surface area contributed by atoms with Crippen LogP contribution in [0.4, 0.5) is 5.82 Å². The Morgan fingerprint density at radius 1 is 1.07 bits per heavy atom. The molecule has 0 bridgehead atoms. The molecule has 5 rings (SSSR count). The van der Waals surface area contributed by atoms with Gasteiger partial charge in [-0.3, -0.25) is 4.79 Å². The SMILES string of the molecule is Cc1c(C(=O)Nc2nccc3ccccc23)nnn1-c1ccc2c(c1)OCCO2. The topological polar surface area (TPSA) is 91.2 Å². The number of amides is 1. The largest absolute Gasteiger partial charge is 0.486 e. The zero-order chi connectivity index (χ0) is 19.8. The van der Waals surface area contributed by atoms with Crippen LogP contribution in [-0.4, -0.2) is 39.1 Å². The van der Waals surface area contributed by atoms with Crippen molar-refractivity contribution in [3.63, 3.8) is 0 Å². The molecule has 1 amide bonds. The summed E-state index contributed by atoms with van der Waals surface area (Å²) in [5.74, 6) is 1.46. The maximum atomic E-state index is 12.8. The molecule has 8 nitrogen and oxygen atoms in total. The highest BCUT2D eigenvalue weighted by Gasteiger charge is 2.20. The lowest BCUT2D eigenvalue weighted by Gasteiger charge is -2.18. The zero-order valence-electron chi connectivity index (χ0n) is 15.6. The second-order valence-electron chi connectivity index (χ2n) is 6.60. The minimum absolute atomic E-state index is 0.231. The van der Waals surface area contributed by atoms with E-state index < -0.39 is 0 Å². The number of carbonyl (C=O) groups is 1. The van der Waals surface area contributed by atoms with Gasteiger partial charge in [-0.25, -0.2) is 9.67 Å². The van der Waals surface area contributed by atoms with Crippen molar-refractivity contribution >= 4 is 22.5 Å². The van der Waals surface area contributed by atoms with E-state index in [1.54, 1.807) is 17.8 Å². The summed E-state index contributed by atoms with van der Waals surface area (Å²) >= 11 is 0. The average Bonchev–Trinajstić information content (AvgIpc) is 3.15. The Morgan fingerprint density at radius 2 is 1.90 bits per heavy atom. The lowest BCUT2D eigenvalue weighted by Crippen LogP contribution is -2.16. The fraction of sp³-hybridized carbons (Fsp3) is 0.143. The van der Waals surface area contributed by atoms with Crippen LogP contribution in [0.1, 0.15) is 16.2 Å². The van der Waals surface area contributed by atoms with Gasteiger partial charge in [0.05, 0.1) is 11.4 Å². The minimum atomic E-state index is -0.366. The summed E-state index contributed by atoms with van der Waals surface area (Å²) < 4.78 is 12.8. The molecule has 3 heterocycles. The highest BCUT2D eigenvalue weighted by Crippen LogP contribution is 2.32. The fourth-order valence-corrected chi connectivity index (χ4v) is 3.33. The second-order valence-corrected chi connectivity index (χ2v) is 6.60. The molecular weight excluding hydrogens is 370 g/mol. The van der Waals surface area contributed by atoms with Crippen LogP contribution < -0.4 is 14.8 Å². The summed E-state index contributed by atoms with van der Waals surface area (Å²) in [5.41, 5.74) is 1.58. The third kappa shape index (κ3) is 3.04. The van der Waals surface area contributed by atoms with Crippen molar-refractivity contribution in [1.82, 2.24) is 20.0 Å². The van der Waals surface area contributed by atoms with E-state index in [9.17, 15) is 4.79 Å². The average molecular weight is 387 g/mol. The standard InChI is InChI=1S/C21H17N5O3/c1-13-19(21(27)23-20-16-5-3-2-4-14(16)8-9-22-20)24-25-26(13)15-6-7-17-18(12-15)29-11-10-28-17/h2-9,12H,10-11H2,1H3,(H,22,23,27). The van der Waals surface area contributed by atoms with Crippen molar-refractivity contribution in [3.8, 4) is 17.2 Å². The van der Waals surface area contributed by atoms with Gasteiger partial charge in [-0.1, -0.05) is 29.5 Å². The Morgan fingerprint density at radius 3 is 2.79 bits per heavy atom. The first-order valence-electron chi connectivity index (χ1n) is 9.18. The predicted octanol–water partition coefficient (Wildman–Crippen LogP) is 3.15. The lowest BCUT2D eigenvalue weighted by molar-refractivity contribution is 0.102. The number of rotatable bonds is 3. The van der Waals surface area contributed by atoms with Crippen LogP contribution >= 0.6 is 0 Å². The molecule has 0 atom stereocenters. The molecule has 144 valence electrons. The van der Waals surface area contributed by atoms with Crippen LogP contribution in [0.5, 0.6) is 11.5 Å². The van der Waals surface area contributed by atoms with Crippen molar-refractivity contribution in [2.75, 3.05) is 18.5 Å². The smallest absolute Gasteiger partial charge is 0.279 e. The number of pyridine rings is 1. The third-order valence-corrected chi connectivity index (χ3v) is 4.79. The molecule has 1 aliphatic heterocycles. The van der Waals surface area contributed by atoms with Gasteiger partial charge in [-0.15, -0.1) is 5.10 Å². The predicted molar refractivity (Wildman–Crippen MR) is 107 cm³/mol. The van der Waals surface area contributed by atoms with E-state index in [1.807, 2.05) is 48.5 Å². The summed E-state index contributed by atoms with van der Waals surface area (Å²) in [6, 6.07) is 15.1. The van der Waals surface area contributed by atoms with E-state index in [4.69, 9.17) is 9.47 Å². The third-order valence-electron chi connectivity index (χ3n) is 4.79. The molecule has 0 saturated heterocycles. The molecule has 2 aromatic carbocycles. The molecule has 29 heavy (non-hydrogen) atoms. The Balaban J connectivity index is 1.45. The van der Waals surface area contributed by atoms with Gasteiger partial charge in [0, 0.05) is 17.6 Å². The van der Waals surface area contributed by atoms with E-state index in [2.05, 4.69) is 20.6 Å². The Hall–Kier alpha value is -3.94. The van der Waals surface area contributed by atoms with Gasteiger partial charge in [0.2, 0.25) is 0 Å². The minimum Gasteiger partial charge on any atom is -0.486 e. The molecular formula is C21H17N5O3. The van der Waals surface area contributed by atoms with E-state index in [0.717, 1.165) is 16.5 Å². The molecule has 1 N–H and O–H groups in total. The van der Waals surface area contributed by atoms with Gasteiger partial charge < -0.3 is 14.8 Å². The Kier molecular flexibility index (Phi) is 4.09. The number of benzene rings is 2. The van der Waals surface area contributed by atoms with Gasteiger partial charge in [-0.05, 0) is 30.5 Å². The molecule has 0 saturated carbocycles. The van der Waals surface area contributed by atoms with Gasteiger partial charge in [0.1, 0.15) is 19.0 Å². The van der Waals surface area contributed by atoms with Crippen LogP contribution in [0.3, 0.4) is 0 Å². The zero-order valence-corrected chi connectivity index (χ0v) is 15.6. The van der Waals surface area contributed by atoms with E-state index >= 15 is 0 Å².